The molecule has 0 aliphatic heterocycles. The number of rotatable bonds is 5. The first-order valence-electron chi connectivity index (χ1n) is 6.39. The number of hydrogen-bond donors (Lipinski definition) is 1. The summed E-state index contributed by atoms with van der Waals surface area (Å²) in [6.07, 6.45) is 1.71. The number of aryl methyl sites for hydroxylation is 1. The number of carbonyl (C=O) groups is 1. The molecule has 1 heterocycles. The largest absolute Gasteiger partial charge is 0.464 e. The van der Waals surface area contributed by atoms with E-state index in [-0.39, 0.29) is 12.2 Å². The minimum absolute atomic E-state index is 0.126. The maximum atomic E-state index is 11.3. The highest BCUT2D eigenvalue weighted by Crippen LogP contribution is 2.16. The third-order valence-electron chi connectivity index (χ3n) is 3.07. The first kappa shape index (κ1) is 14.2. The van der Waals surface area contributed by atoms with Crippen LogP contribution in [-0.2, 0) is 17.7 Å². The molecule has 1 atom stereocenters. The van der Waals surface area contributed by atoms with Crippen LogP contribution in [0.5, 0.6) is 0 Å². The van der Waals surface area contributed by atoms with Crippen LogP contribution in [0.2, 0.25) is 0 Å². The second kappa shape index (κ2) is 6.29. The predicted octanol–water partition coefficient (Wildman–Crippen LogP) is 1.36. The quantitative estimate of drug-likeness (QED) is 0.834. The molecule has 20 heavy (non-hydrogen) atoms. The number of aliphatic hydroxyl groups is 1. The molecule has 1 aromatic carbocycles. The first-order valence-corrected chi connectivity index (χ1v) is 6.39. The van der Waals surface area contributed by atoms with Crippen LogP contribution in [0.1, 0.15) is 34.6 Å². The van der Waals surface area contributed by atoms with Gasteiger partial charge in [-0.3, -0.25) is 0 Å². The van der Waals surface area contributed by atoms with Crippen molar-refractivity contribution in [3.05, 3.63) is 47.3 Å². The second-order valence-electron chi connectivity index (χ2n) is 4.43. The smallest absolute Gasteiger partial charge is 0.360 e. The number of carbonyl (C=O) groups excluding carboxylic acids is 1. The Hall–Kier alpha value is -2.21. The zero-order valence-electron chi connectivity index (χ0n) is 11.5. The van der Waals surface area contributed by atoms with E-state index in [1.807, 2.05) is 24.3 Å². The van der Waals surface area contributed by atoms with Crippen molar-refractivity contribution in [1.82, 2.24) is 15.0 Å². The van der Waals surface area contributed by atoms with E-state index >= 15 is 0 Å². The summed E-state index contributed by atoms with van der Waals surface area (Å²) in [5, 5.41) is 17.6. The molecule has 0 spiro atoms. The first-order chi connectivity index (χ1) is 9.63. The summed E-state index contributed by atoms with van der Waals surface area (Å²) in [6.45, 7) is 2.31. The van der Waals surface area contributed by atoms with Crippen LogP contribution in [0.15, 0.2) is 30.5 Å². The van der Waals surface area contributed by atoms with Crippen molar-refractivity contribution >= 4 is 5.97 Å². The van der Waals surface area contributed by atoms with Gasteiger partial charge in [0.05, 0.1) is 26.0 Å². The molecule has 106 valence electrons. The molecule has 6 heteroatoms. The van der Waals surface area contributed by atoms with Gasteiger partial charge in [0.25, 0.3) is 0 Å². The monoisotopic (exact) mass is 275 g/mol. The number of aliphatic hydroxyl groups excluding tert-OH is 1. The fourth-order valence-corrected chi connectivity index (χ4v) is 1.84. The third kappa shape index (κ3) is 3.21. The van der Waals surface area contributed by atoms with Crippen LogP contribution < -0.4 is 0 Å². The van der Waals surface area contributed by atoms with Gasteiger partial charge in [-0.1, -0.05) is 36.4 Å². The predicted molar refractivity (Wildman–Crippen MR) is 72.1 cm³/mol. The van der Waals surface area contributed by atoms with Crippen molar-refractivity contribution in [2.24, 2.45) is 0 Å². The molecule has 0 saturated heterocycles. The molecule has 0 aliphatic rings. The number of hydrogen-bond acceptors (Lipinski definition) is 5. The molecule has 0 fully saturated rings. The Labute approximate surface area is 117 Å². The van der Waals surface area contributed by atoms with Gasteiger partial charge in [0.1, 0.15) is 0 Å². The van der Waals surface area contributed by atoms with Gasteiger partial charge in [0.15, 0.2) is 5.69 Å². The number of aromatic nitrogens is 3. The Morgan fingerprint density at radius 2 is 2.10 bits per heavy atom. The van der Waals surface area contributed by atoms with Gasteiger partial charge in [-0.25, -0.2) is 9.48 Å². The Balaban J connectivity index is 2.04. The molecule has 0 aliphatic carbocycles. The van der Waals surface area contributed by atoms with Crippen molar-refractivity contribution < 1.29 is 14.6 Å². The van der Waals surface area contributed by atoms with Crippen molar-refractivity contribution in [2.75, 3.05) is 7.11 Å². The van der Waals surface area contributed by atoms with E-state index in [0.29, 0.717) is 0 Å². The number of esters is 1. The SMILES string of the molecule is CCc1ccc(C(O)Cn2cc(C(=O)OC)nn2)cc1. The highest BCUT2D eigenvalue weighted by molar-refractivity contribution is 5.86. The minimum atomic E-state index is -0.701. The van der Waals surface area contributed by atoms with Crippen molar-refractivity contribution in [3.63, 3.8) is 0 Å². The van der Waals surface area contributed by atoms with Gasteiger partial charge >= 0.3 is 5.97 Å². The molecule has 0 radical (unpaired) electrons. The second-order valence-corrected chi connectivity index (χ2v) is 4.43. The summed E-state index contributed by atoms with van der Waals surface area (Å²) in [5.74, 6) is -0.543. The van der Waals surface area contributed by atoms with Crippen LogP contribution in [0.25, 0.3) is 0 Å². The van der Waals surface area contributed by atoms with E-state index in [9.17, 15) is 9.90 Å². The van der Waals surface area contributed by atoms with Crippen LogP contribution in [0.3, 0.4) is 0 Å². The standard InChI is InChI=1S/C14H17N3O3/c1-3-10-4-6-11(7-5-10)13(18)9-17-8-12(15-16-17)14(19)20-2/h4-8,13,18H,3,9H2,1-2H3. The lowest BCUT2D eigenvalue weighted by atomic mass is 10.1. The number of benzene rings is 1. The third-order valence-corrected chi connectivity index (χ3v) is 3.07. The van der Waals surface area contributed by atoms with E-state index in [0.717, 1.165) is 12.0 Å². The molecule has 1 unspecified atom stereocenters. The molecule has 0 amide bonds. The zero-order valence-corrected chi connectivity index (χ0v) is 11.5. The Bertz CT molecular complexity index is 578. The van der Waals surface area contributed by atoms with Gasteiger partial charge < -0.3 is 9.84 Å². The molecule has 0 saturated carbocycles. The van der Waals surface area contributed by atoms with Crippen LogP contribution in [0.4, 0.5) is 0 Å². The summed E-state index contributed by atoms with van der Waals surface area (Å²) in [6, 6.07) is 7.75. The molecule has 2 aromatic rings. The maximum absolute atomic E-state index is 11.3. The Morgan fingerprint density at radius 1 is 1.40 bits per heavy atom. The van der Waals surface area contributed by atoms with Gasteiger partial charge in [0.2, 0.25) is 0 Å². The lowest BCUT2D eigenvalue weighted by Gasteiger charge is -2.11. The molecule has 6 nitrogen and oxygen atoms in total. The van der Waals surface area contributed by atoms with Crippen molar-refractivity contribution in [3.8, 4) is 0 Å². The average molecular weight is 275 g/mol. The van der Waals surface area contributed by atoms with Gasteiger partial charge in [-0.15, -0.1) is 5.10 Å². The van der Waals surface area contributed by atoms with Crippen molar-refractivity contribution in [2.45, 2.75) is 26.0 Å². The highest BCUT2D eigenvalue weighted by atomic mass is 16.5. The topological polar surface area (TPSA) is 77.2 Å². The summed E-state index contributed by atoms with van der Waals surface area (Å²) < 4.78 is 5.97. The Kier molecular flexibility index (Phi) is 4.47. The number of methoxy groups -OCH3 is 1. The minimum Gasteiger partial charge on any atom is -0.464 e. The Morgan fingerprint density at radius 3 is 2.70 bits per heavy atom. The van der Waals surface area contributed by atoms with E-state index < -0.39 is 12.1 Å². The highest BCUT2D eigenvalue weighted by Gasteiger charge is 2.13. The van der Waals surface area contributed by atoms with Gasteiger partial charge in [-0.05, 0) is 17.5 Å². The summed E-state index contributed by atoms with van der Waals surface area (Å²) in [7, 11) is 1.28. The zero-order chi connectivity index (χ0) is 14.5. The van der Waals surface area contributed by atoms with Crippen molar-refractivity contribution in [1.29, 1.82) is 0 Å². The van der Waals surface area contributed by atoms with E-state index in [1.54, 1.807) is 0 Å². The molecule has 2 rings (SSSR count). The van der Waals surface area contributed by atoms with E-state index in [4.69, 9.17) is 0 Å². The summed E-state index contributed by atoms with van der Waals surface area (Å²) in [5.41, 5.74) is 2.15. The van der Waals surface area contributed by atoms with Gasteiger partial charge in [0, 0.05) is 0 Å². The molecule has 1 N–H and O–H groups in total. The van der Waals surface area contributed by atoms with Crippen LogP contribution in [0, 0.1) is 0 Å². The number of nitrogens with zero attached hydrogens (tertiary/aromatic N) is 3. The lowest BCUT2D eigenvalue weighted by Crippen LogP contribution is -2.09. The number of ether oxygens (including phenoxy) is 1. The van der Waals surface area contributed by atoms with E-state index in [1.165, 1.54) is 23.6 Å². The van der Waals surface area contributed by atoms with Gasteiger partial charge in [-0.2, -0.15) is 0 Å². The molecule has 1 aromatic heterocycles. The molecular formula is C14H17N3O3. The average Bonchev–Trinajstić information content (AvgIpc) is 2.95. The van der Waals surface area contributed by atoms with Crippen LogP contribution in [-0.4, -0.2) is 33.2 Å². The van der Waals surface area contributed by atoms with E-state index in [2.05, 4.69) is 22.0 Å². The fraction of sp³-hybridized carbons (Fsp3) is 0.357. The lowest BCUT2D eigenvalue weighted by molar-refractivity contribution is 0.0593. The summed E-state index contributed by atoms with van der Waals surface area (Å²) >= 11 is 0. The maximum Gasteiger partial charge on any atom is 0.360 e. The fourth-order valence-electron chi connectivity index (χ4n) is 1.84. The summed E-state index contributed by atoms with van der Waals surface area (Å²) in [4.78, 5) is 11.3. The molecular weight excluding hydrogens is 258 g/mol. The normalized spacial score (nSPS) is 12.2. The van der Waals surface area contributed by atoms with Crippen LogP contribution >= 0.6 is 0 Å². The molecule has 0 bridgehead atoms.